The number of nitrogens with zero attached hydrogens (tertiary/aromatic N) is 1. The topological polar surface area (TPSA) is 85.4 Å². The summed E-state index contributed by atoms with van der Waals surface area (Å²) in [6, 6.07) is 6.19. The van der Waals surface area contributed by atoms with Crippen LogP contribution in [0.2, 0.25) is 0 Å². The van der Waals surface area contributed by atoms with Crippen LogP contribution in [0.1, 0.15) is 35.3 Å². The predicted molar refractivity (Wildman–Crippen MR) is 74.7 cm³/mol. The van der Waals surface area contributed by atoms with Crippen molar-refractivity contribution in [3.63, 3.8) is 0 Å². The number of rotatable bonds is 5. The van der Waals surface area contributed by atoms with Gasteiger partial charge in [-0.2, -0.15) is 0 Å². The molecule has 0 spiro atoms. The molecule has 1 N–H and O–H groups in total. The van der Waals surface area contributed by atoms with Crippen LogP contribution in [0, 0.1) is 16.0 Å². The molecule has 0 aliphatic carbocycles. The zero-order chi connectivity index (χ0) is 14.7. The van der Waals surface area contributed by atoms with Gasteiger partial charge in [0, 0.05) is 4.88 Å². The number of hydrogen-bond donors (Lipinski definition) is 1. The lowest BCUT2D eigenvalue weighted by atomic mass is 10.0. The maximum Gasteiger partial charge on any atom is 0.433 e. The second-order valence-electron chi connectivity index (χ2n) is 4.61. The molecule has 0 radical (unpaired) electrons. The molecule has 2 aromatic heterocycles. The van der Waals surface area contributed by atoms with Crippen molar-refractivity contribution in [3.8, 4) is 0 Å². The van der Waals surface area contributed by atoms with E-state index in [2.05, 4.69) is 5.32 Å². The van der Waals surface area contributed by atoms with E-state index < -0.39 is 16.7 Å². The molecule has 2 rings (SSSR count). The highest BCUT2D eigenvalue weighted by molar-refractivity contribution is 7.10. The first kappa shape index (κ1) is 14.3. The summed E-state index contributed by atoms with van der Waals surface area (Å²) in [6.45, 7) is 3.99. The molecule has 0 aliphatic rings. The van der Waals surface area contributed by atoms with Gasteiger partial charge in [0.15, 0.2) is 5.76 Å². The van der Waals surface area contributed by atoms with Crippen molar-refractivity contribution in [3.05, 3.63) is 50.4 Å². The van der Waals surface area contributed by atoms with Gasteiger partial charge in [-0.3, -0.25) is 14.9 Å². The fourth-order valence-electron chi connectivity index (χ4n) is 1.79. The molecule has 7 heteroatoms. The first-order valence-corrected chi connectivity index (χ1v) is 6.95. The third-order valence-corrected chi connectivity index (χ3v) is 3.75. The van der Waals surface area contributed by atoms with Crippen LogP contribution in [-0.2, 0) is 0 Å². The number of hydrogen-bond acceptors (Lipinski definition) is 5. The normalized spacial score (nSPS) is 12.3. The summed E-state index contributed by atoms with van der Waals surface area (Å²) in [5, 5.41) is 15.3. The van der Waals surface area contributed by atoms with Gasteiger partial charge in [0.2, 0.25) is 0 Å². The Kier molecular flexibility index (Phi) is 4.19. The Hall–Kier alpha value is -2.15. The van der Waals surface area contributed by atoms with Crippen LogP contribution < -0.4 is 5.32 Å². The fraction of sp³-hybridized carbons (Fsp3) is 0.308. The van der Waals surface area contributed by atoms with Gasteiger partial charge < -0.3 is 9.73 Å². The molecule has 106 valence electrons. The van der Waals surface area contributed by atoms with E-state index in [1.165, 1.54) is 12.1 Å². The quantitative estimate of drug-likeness (QED) is 0.676. The summed E-state index contributed by atoms with van der Waals surface area (Å²) in [7, 11) is 0. The van der Waals surface area contributed by atoms with Crippen molar-refractivity contribution < 1.29 is 14.1 Å². The van der Waals surface area contributed by atoms with Gasteiger partial charge in [-0.1, -0.05) is 19.9 Å². The lowest BCUT2D eigenvalue weighted by Crippen LogP contribution is -2.30. The van der Waals surface area contributed by atoms with Crippen molar-refractivity contribution in [1.82, 2.24) is 5.32 Å². The molecular formula is C13H14N2O4S. The lowest BCUT2D eigenvalue weighted by Gasteiger charge is -2.20. The van der Waals surface area contributed by atoms with Crippen LogP contribution in [-0.4, -0.2) is 10.8 Å². The minimum Gasteiger partial charge on any atom is -0.395 e. The monoisotopic (exact) mass is 294 g/mol. The molecule has 2 heterocycles. The van der Waals surface area contributed by atoms with E-state index in [9.17, 15) is 14.9 Å². The molecule has 1 unspecified atom stereocenters. The van der Waals surface area contributed by atoms with Gasteiger partial charge in [0.1, 0.15) is 4.92 Å². The van der Waals surface area contributed by atoms with Gasteiger partial charge in [0.25, 0.3) is 5.91 Å². The highest BCUT2D eigenvalue weighted by Crippen LogP contribution is 2.26. The maximum absolute atomic E-state index is 12.1. The van der Waals surface area contributed by atoms with Crippen molar-refractivity contribution in [2.45, 2.75) is 19.9 Å². The molecule has 1 atom stereocenters. The third-order valence-electron chi connectivity index (χ3n) is 2.80. The van der Waals surface area contributed by atoms with Crippen LogP contribution >= 0.6 is 11.3 Å². The minimum atomic E-state index is -0.671. The number of nitrogens with one attached hydrogen (secondary N) is 1. The molecular weight excluding hydrogens is 280 g/mol. The number of carbonyl (C=O) groups is 1. The summed E-state index contributed by atoms with van der Waals surface area (Å²) in [5.41, 5.74) is 0. The Morgan fingerprint density at radius 2 is 2.15 bits per heavy atom. The van der Waals surface area contributed by atoms with E-state index in [-0.39, 0.29) is 17.7 Å². The zero-order valence-electron chi connectivity index (χ0n) is 11.0. The second kappa shape index (κ2) is 5.87. The number of nitro groups is 1. The molecule has 1 amide bonds. The molecule has 0 saturated heterocycles. The zero-order valence-corrected chi connectivity index (χ0v) is 11.8. The second-order valence-corrected chi connectivity index (χ2v) is 5.58. The number of thiophene rings is 1. The Labute approximate surface area is 119 Å². The largest absolute Gasteiger partial charge is 0.433 e. The van der Waals surface area contributed by atoms with Gasteiger partial charge in [-0.25, -0.2) is 0 Å². The highest BCUT2D eigenvalue weighted by atomic mass is 32.1. The third kappa shape index (κ3) is 3.05. The van der Waals surface area contributed by atoms with Crippen molar-refractivity contribution in [2.24, 2.45) is 5.92 Å². The first-order valence-electron chi connectivity index (χ1n) is 6.07. The van der Waals surface area contributed by atoms with Crippen LogP contribution in [0.15, 0.2) is 34.1 Å². The molecule has 6 nitrogen and oxygen atoms in total. The van der Waals surface area contributed by atoms with Crippen molar-refractivity contribution >= 4 is 23.1 Å². The van der Waals surface area contributed by atoms with Crippen molar-refractivity contribution in [2.75, 3.05) is 0 Å². The molecule has 0 saturated carbocycles. The first-order chi connectivity index (χ1) is 9.49. The van der Waals surface area contributed by atoms with E-state index in [0.717, 1.165) is 4.88 Å². The molecule has 2 aromatic rings. The average Bonchev–Trinajstić information content (AvgIpc) is 3.05. The van der Waals surface area contributed by atoms with E-state index in [1.54, 1.807) is 11.3 Å². The summed E-state index contributed by atoms with van der Waals surface area (Å²) in [5.74, 6) is -0.751. The van der Waals surface area contributed by atoms with E-state index in [1.807, 2.05) is 31.4 Å². The van der Waals surface area contributed by atoms with Gasteiger partial charge >= 0.3 is 5.88 Å². The summed E-state index contributed by atoms with van der Waals surface area (Å²) in [6.07, 6.45) is 0. The highest BCUT2D eigenvalue weighted by Gasteiger charge is 2.23. The van der Waals surface area contributed by atoms with E-state index in [4.69, 9.17) is 4.42 Å². The van der Waals surface area contributed by atoms with E-state index >= 15 is 0 Å². The Balaban J connectivity index is 2.14. The molecule has 0 fully saturated rings. The minimum absolute atomic E-state index is 0.0566. The smallest absolute Gasteiger partial charge is 0.395 e. The molecule has 0 aromatic carbocycles. The summed E-state index contributed by atoms with van der Waals surface area (Å²) in [4.78, 5) is 23.0. The Morgan fingerprint density at radius 1 is 1.40 bits per heavy atom. The van der Waals surface area contributed by atoms with E-state index in [0.29, 0.717) is 0 Å². The molecule has 20 heavy (non-hydrogen) atoms. The predicted octanol–water partition coefficient (Wildman–Crippen LogP) is 3.38. The molecule has 0 bridgehead atoms. The number of furan rings is 1. The maximum atomic E-state index is 12.1. The molecule has 0 aliphatic heterocycles. The summed E-state index contributed by atoms with van der Waals surface area (Å²) < 4.78 is 4.90. The van der Waals surface area contributed by atoms with Crippen LogP contribution in [0.4, 0.5) is 5.88 Å². The SMILES string of the molecule is CC(C)C(NC(=O)c1ccc([N+](=O)[O-])o1)c1cccs1. The average molecular weight is 294 g/mol. The van der Waals surface area contributed by atoms with Crippen molar-refractivity contribution in [1.29, 1.82) is 0 Å². The number of amides is 1. The van der Waals surface area contributed by atoms with Crippen LogP contribution in [0.3, 0.4) is 0 Å². The Bertz CT molecular complexity index is 604. The van der Waals surface area contributed by atoms with Gasteiger partial charge in [-0.05, 0) is 23.4 Å². The van der Waals surface area contributed by atoms with Crippen LogP contribution in [0.5, 0.6) is 0 Å². The Morgan fingerprint density at radius 3 is 2.65 bits per heavy atom. The standard InChI is InChI=1S/C13H14N2O4S/c1-8(2)12(10-4-3-7-20-10)14-13(16)9-5-6-11(19-9)15(17)18/h3-8,12H,1-2H3,(H,14,16). The summed E-state index contributed by atoms with van der Waals surface area (Å²) >= 11 is 1.55. The fourth-order valence-corrected chi connectivity index (χ4v) is 2.74. The lowest BCUT2D eigenvalue weighted by molar-refractivity contribution is -0.402. The number of carbonyl (C=O) groups excluding carboxylic acids is 1. The van der Waals surface area contributed by atoms with Gasteiger partial charge in [0.05, 0.1) is 12.1 Å². The van der Waals surface area contributed by atoms with Gasteiger partial charge in [-0.15, -0.1) is 11.3 Å². The van der Waals surface area contributed by atoms with Crippen LogP contribution in [0.25, 0.3) is 0 Å².